The fourth-order valence-corrected chi connectivity index (χ4v) is 1.32. The lowest BCUT2D eigenvalue weighted by molar-refractivity contribution is 0.0424. The lowest BCUT2D eigenvalue weighted by Crippen LogP contribution is -2.32. The van der Waals surface area contributed by atoms with Crippen molar-refractivity contribution in [2.75, 3.05) is 20.2 Å². The van der Waals surface area contributed by atoms with Gasteiger partial charge in [0.2, 0.25) is 0 Å². The van der Waals surface area contributed by atoms with Crippen LogP contribution in [0.25, 0.3) is 0 Å². The maximum Gasteiger partial charge on any atom is 0.0747 e. The molecule has 1 aliphatic heterocycles. The van der Waals surface area contributed by atoms with Gasteiger partial charge in [-0.3, -0.25) is 4.90 Å². The van der Waals surface area contributed by atoms with Crippen molar-refractivity contribution in [1.29, 1.82) is 0 Å². The van der Waals surface area contributed by atoms with E-state index in [2.05, 4.69) is 11.9 Å². The number of fused-ring (bicyclic) bond motifs is 1. The van der Waals surface area contributed by atoms with Crippen molar-refractivity contribution in [3.8, 4) is 0 Å². The molecule has 0 bridgehead atoms. The molecule has 0 aromatic rings. The minimum Gasteiger partial charge on any atom is -0.375 e. The number of morpholine rings is 1. The second kappa shape index (κ2) is 1.45. The molecule has 1 heterocycles. The molecule has 1 unspecified atom stereocenters. The molecule has 1 aliphatic carbocycles. The predicted octanol–water partition coefficient (Wildman–Crippen LogP) is 0.0893. The van der Waals surface area contributed by atoms with Crippen LogP contribution in [-0.4, -0.2) is 37.2 Å². The first-order valence-corrected chi connectivity index (χ1v) is 3.20. The molecule has 0 radical (unpaired) electrons. The Hall–Kier alpha value is -0.0800. The molecule has 1 saturated carbocycles. The van der Waals surface area contributed by atoms with Crippen LogP contribution >= 0.6 is 0 Å². The molecule has 1 saturated heterocycles. The topological polar surface area (TPSA) is 12.5 Å². The third kappa shape index (κ3) is 0.565. The monoisotopic (exact) mass is 113 g/mol. The van der Waals surface area contributed by atoms with Crippen LogP contribution in [0.2, 0.25) is 0 Å². The molecule has 0 N–H and O–H groups in total. The van der Waals surface area contributed by atoms with Crippen LogP contribution in [0.3, 0.4) is 0 Å². The molecule has 2 nitrogen and oxygen atoms in total. The second-order valence-corrected chi connectivity index (χ2v) is 2.69. The third-order valence-corrected chi connectivity index (χ3v) is 2.04. The number of rotatable bonds is 0. The van der Waals surface area contributed by atoms with Crippen molar-refractivity contribution in [1.82, 2.24) is 4.90 Å². The van der Waals surface area contributed by atoms with Gasteiger partial charge in [-0.2, -0.15) is 0 Å². The van der Waals surface area contributed by atoms with Crippen LogP contribution in [0.5, 0.6) is 0 Å². The smallest absolute Gasteiger partial charge is 0.0747 e. The molecule has 0 amide bonds. The summed E-state index contributed by atoms with van der Waals surface area (Å²) in [7, 11) is 2.17. The number of nitrogens with zero attached hydrogens (tertiary/aromatic N) is 1. The van der Waals surface area contributed by atoms with Gasteiger partial charge in [0, 0.05) is 12.6 Å². The van der Waals surface area contributed by atoms with E-state index >= 15 is 0 Å². The summed E-state index contributed by atoms with van der Waals surface area (Å²) in [5.74, 6) is 0. The van der Waals surface area contributed by atoms with E-state index in [0.717, 1.165) is 19.2 Å². The van der Waals surface area contributed by atoms with Crippen molar-refractivity contribution in [3.63, 3.8) is 0 Å². The van der Waals surface area contributed by atoms with Crippen LogP contribution in [0.15, 0.2) is 0 Å². The summed E-state index contributed by atoms with van der Waals surface area (Å²) in [4.78, 5) is 2.38. The lowest BCUT2D eigenvalue weighted by atomic mass is 10.5. The van der Waals surface area contributed by atoms with Gasteiger partial charge in [-0.25, -0.2) is 0 Å². The molecular weight excluding hydrogens is 102 g/mol. The van der Waals surface area contributed by atoms with Gasteiger partial charge in [-0.1, -0.05) is 0 Å². The van der Waals surface area contributed by atoms with Crippen molar-refractivity contribution >= 4 is 0 Å². The molecule has 46 valence electrons. The highest BCUT2D eigenvalue weighted by molar-refractivity contribution is 4.97. The van der Waals surface area contributed by atoms with E-state index in [9.17, 15) is 0 Å². The van der Waals surface area contributed by atoms with E-state index in [0.29, 0.717) is 6.10 Å². The first-order chi connectivity index (χ1) is 3.88. The van der Waals surface area contributed by atoms with Crippen LogP contribution in [0.1, 0.15) is 6.42 Å². The second-order valence-electron chi connectivity index (χ2n) is 2.69. The quantitative estimate of drug-likeness (QED) is 0.441. The molecule has 8 heavy (non-hydrogen) atoms. The SMILES string of the molecule is CN1CCO[C@@H]2CC21. The number of ether oxygens (including phenoxy) is 1. The molecule has 2 aliphatic rings. The summed E-state index contributed by atoms with van der Waals surface area (Å²) in [6, 6.07) is 0.781. The Bertz CT molecular complexity index is 105. The van der Waals surface area contributed by atoms with Gasteiger partial charge in [0.05, 0.1) is 12.7 Å². The van der Waals surface area contributed by atoms with Crippen molar-refractivity contribution in [2.45, 2.75) is 18.6 Å². The van der Waals surface area contributed by atoms with Gasteiger partial charge in [0.1, 0.15) is 0 Å². The van der Waals surface area contributed by atoms with E-state index in [1.165, 1.54) is 6.42 Å². The highest BCUT2D eigenvalue weighted by Crippen LogP contribution is 2.32. The largest absolute Gasteiger partial charge is 0.375 e. The normalized spacial score (nSPS) is 46.1. The average Bonchev–Trinajstić information content (AvgIpc) is 2.45. The molecule has 0 aromatic carbocycles. The predicted molar refractivity (Wildman–Crippen MR) is 30.8 cm³/mol. The Balaban J connectivity index is 1.99. The van der Waals surface area contributed by atoms with Crippen LogP contribution < -0.4 is 0 Å². The van der Waals surface area contributed by atoms with E-state index in [-0.39, 0.29) is 0 Å². The molecule has 2 heteroatoms. The summed E-state index contributed by atoms with van der Waals surface area (Å²) < 4.78 is 5.38. The maximum absolute atomic E-state index is 5.38. The van der Waals surface area contributed by atoms with Crippen LogP contribution in [0, 0.1) is 0 Å². The summed E-state index contributed by atoms with van der Waals surface area (Å²) in [5, 5.41) is 0. The van der Waals surface area contributed by atoms with Gasteiger partial charge in [0.15, 0.2) is 0 Å². The fourth-order valence-electron chi connectivity index (χ4n) is 1.32. The standard InChI is InChI=1S/C6H11NO/c1-7-2-3-8-6-4-5(6)7/h5-6H,2-4H2,1H3/t5?,6-/m1/s1. The zero-order valence-electron chi connectivity index (χ0n) is 5.13. The van der Waals surface area contributed by atoms with E-state index in [1.54, 1.807) is 0 Å². The average molecular weight is 113 g/mol. The minimum absolute atomic E-state index is 0.605. The first-order valence-electron chi connectivity index (χ1n) is 3.20. The maximum atomic E-state index is 5.38. The van der Waals surface area contributed by atoms with Crippen LogP contribution in [-0.2, 0) is 4.74 Å². The Morgan fingerprint density at radius 2 is 2.50 bits per heavy atom. The number of likely N-dealkylation sites (N-methyl/N-ethyl adjacent to an activating group) is 1. The van der Waals surface area contributed by atoms with Crippen molar-refractivity contribution in [2.24, 2.45) is 0 Å². The highest BCUT2D eigenvalue weighted by atomic mass is 16.5. The Morgan fingerprint density at radius 1 is 1.62 bits per heavy atom. The fraction of sp³-hybridized carbons (Fsp3) is 1.00. The minimum atomic E-state index is 0.605. The Kier molecular flexibility index (Phi) is 0.866. The molecular formula is C6H11NO. The van der Waals surface area contributed by atoms with E-state index in [1.807, 2.05) is 0 Å². The van der Waals surface area contributed by atoms with Gasteiger partial charge in [-0.05, 0) is 13.5 Å². The van der Waals surface area contributed by atoms with E-state index < -0.39 is 0 Å². The molecule has 0 spiro atoms. The van der Waals surface area contributed by atoms with Gasteiger partial charge >= 0.3 is 0 Å². The van der Waals surface area contributed by atoms with Gasteiger partial charge in [-0.15, -0.1) is 0 Å². The van der Waals surface area contributed by atoms with Crippen molar-refractivity contribution < 1.29 is 4.74 Å². The third-order valence-electron chi connectivity index (χ3n) is 2.04. The number of hydrogen-bond donors (Lipinski definition) is 0. The molecule has 0 aromatic heterocycles. The Labute approximate surface area is 49.4 Å². The molecule has 2 rings (SSSR count). The van der Waals surface area contributed by atoms with E-state index in [4.69, 9.17) is 4.74 Å². The summed E-state index contributed by atoms with van der Waals surface area (Å²) in [6.45, 7) is 2.07. The molecule has 2 fully saturated rings. The summed E-state index contributed by atoms with van der Waals surface area (Å²) >= 11 is 0. The highest BCUT2D eigenvalue weighted by Gasteiger charge is 2.43. The first kappa shape index (κ1) is 4.77. The summed E-state index contributed by atoms with van der Waals surface area (Å²) in [6.07, 6.45) is 1.88. The van der Waals surface area contributed by atoms with Crippen LogP contribution in [0.4, 0.5) is 0 Å². The number of hydrogen-bond acceptors (Lipinski definition) is 2. The Morgan fingerprint density at radius 3 is 3.12 bits per heavy atom. The zero-order chi connectivity index (χ0) is 5.56. The van der Waals surface area contributed by atoms with Gasteiger partial charge in [0.25, 0.3) is 0 Å². The lowest BCUT2D eigenvalue weighted by Gasteiger charge is -2.20. The summed E-state index contributed by atoms with van der Waals surface area (Å²) in [5.41, 5.74) is 0. The van der Waals surface area contributed by atoms with Crippen molar-refractivity contribution in [3.05, 3.63) is 0 Å². The van der Waals surface area contributed by atoms with Gasteiger partial charge < -0.3 is 4.74 Å². The molecule has 2 atom stereocenters. The zero-order valence-corrected chi connectivity index (χ0v) is 5.13.